The van der Waals surface area contributed by atoms with Gasteiger partial charge in [-0.25, -0.2) is 0 Å². The van der Waals surface area contributed by atoms with E-state index in [1.807, 2.05) is 0 Å². The summed E-state index contributed by atoms with van der Waals surface area (Å²) in [7, 11) is 9.10. The molecule has 20 heavy (non-hydrogen) atoms. The highest BCUT2D eigenvalue weighted by Gasteiger charge is 2.04. The lowest BCUT2D eigenvalue weighted by Gasteiger charge is -2.23. The van der Waals surface area contributed by atoms with E-state index >= 15 is 0 Å². The highest BCUT2D eigenvalue weighted by atomic mass is 79.9. The molecule has 3 heteroatoms. The molecule has 124 valence electrons. The molecule has 0 rings (SSSR count). The van der Waals surface area contributed by atoms with Crippen LogP contribution in [-0.2, 0) is 0 Å². The van der Waals surface area contributed by atoms with Crippen molar-refractivity contribution >= 4 is 23.4 Å². The Kier molecular flexibility index (Phi) is 20.7. The van der Waals surface area contributed by atoms with Gasteiger partial charge < -0.3 is 4.48 Å². The lowest BCUT2D eigenvalue weighted by atomic mass is 10.1. The zero-order chi connectivity index (χ0) is 15.7. The van der Waals surface area contributed by atoms with Crippen LogP contribution in [0.25, 0.3) is 0 Å². The number of hydrogen-bond donors (Lipinski definition) is 0. The molecule has 0 aliphatic rings. The van der Waals surface area contributed by atoms with Crippen LogP contribution in [0.1, 0.15) is 84.0 Å². The summed E-state index contributed by atoms with van der Waals surface area (Å²) < 4.78 is 1.12. The summed E-state index contributed by atoms with van der Waals surface area (Å²) >= 11 is 2.85. The largest absolute Gasteiger partial charge is 0.331 e. The molecule has 0 aromatic rings. The number of halogens is 1. The van der Waals surface area contributed by atoms with Crippen LogP contribution in [0.4, 0.5) is 0 Å². The van der Waals surface area contributed by atoms with E-state index in [1.165, 1.54) is 83.6 Å². The highest BCUT2D eigenvalue weighted by molar-refractivity contribution is 9.34. The number of nitrogens with zero attached hydrogens (tertiary/aromatic N) is 1. The summed E-state index contributed by atoms with van der Waals surface area (Å²) in [5, 5.41) is 0. The molecule has 0 aliphatic heterocycles. The summed E-state index contributed by atoms with van der Waals surface area (Å²) in [6, 6.07) is 0. The van der Waals surface area contributed by atoms with Gasteiger partial charge in [-0.15, -0.1) is 0 Å². The second kappa shape index (κ2) is 17.9. The number of rotatable bonds is 13. The lowest BCUT2D eigenvalue weighted by Crippen LogP contribution is -2.35. The minimum atomic E-state index is 1.12. The van der Waals surface area contributed by atoms with E-state index in [2.05, 4.69) is 51.5 Å². The van der Waals surface area contributed by atoms with E-state index in [4.69, 9.17) is 0 Å². The van der Waals surface area contributed by atoms with Crippen LogP contribution in [0.3, 0.4) is 0 Å². The van der Waals surface area contributed by atoms with Crippen LogP contribution in [-0.4, -0.2) is 32.2 Å². The van der Waals surface area contributed by atoms with Gasteiger partial charge in [-0.2, -0.15) is 0 Å². The van der Waals surface area contributed by atoms with Crippen LogP contribution < -0.4 is 0 Å². The molecule has 0 aromatic carbocycles. The Bertz CT molecular complexity index is 169. The van der Waals surface area contributed by atoms with E-state index in [0.717, 1.165) is 4.48 Å². The van der Waals surface area contributed by atoms with Crippen molar-refractivity contribution in [1.82, 2.24) is 0 Å². The molecule has 1 nitrogen and oxygen atoms in total. The van der Waals surface area contributed by atoms with Gasteiger partial charge in [0.25, 0.3) is 0 Å². The fraction of sp³-hybridized carbons (Fsp3) is 1.00. The Hall–Kier alpha value is 0.870. The van der Waals surface area contributed by atoms with Gasteiger partial charge >= 0.3 is 0 Å². The molecule has 0 N–H and O–H groups in total. The first-order valence-corrected chi connectivity index (χ1v) is 11.8. The highest BCUT2D eigenvalue weighted by Crippen LogP contribution is 2.12. The van der Waals surface area contributed by atoms with Crippen LogP contribution in [0.15, 0.2) is 0 Å². The zero-order valence-corrected chi connectivity index (χ0v) is 17.3. The Morgan fingerprint density at radius 2 is 0.900 bits per heavy atom. The van der Waals surface area contributed by atoms with Gasteiger partial charge in [-0.1, -0.05) is 94.6 Å². The third-order valence-corrected chi connectivity index (χ3v) is 3.68. The molecule has 0 fully saturated rings. The summed E-state index contributed by atoms with van der Waals surface area (Å²) in [6.45, 7) is 3.62. The van der Waals surface area contributed by atoms with Crippen LogP contribution in [0, 0.1) is 0 Å². The maximum Gasteiger partial charge on any atom is 0.0780 e. The summed E-state index contributed by atoms with van der Waals surface area (Å²) in [5.41, 5.74) is 0. The second-order valence-corrected chi connectivity index (χ2v) is 6.90. The summed E-state index contributed by atoms with van der Waals surface area (Å²) in [5.74, 6) is 0. The van der Waals surface area contributed by atoms with Crippen molar-refractivity contribution in [2.45, 2.75) is 84.0 Å². The van der Waals surface area contributed by atoms with Gasteiger partial charge in [0, 0.05) is 0 Å². The Morgan fingerprint density at radius 3 is 1.20 bits per heavy atom. The van der Waals surface area contributed by atoms with Gasteiger partial charge in [0.1, 0.15) is 0 Å². The third-order valence-electron chi connectivity index (χ3n) is 3.68. The van der Waals surface area contributed by atoms with Crippen molar-refractivity contribution in [2.75, 3.05) is 27.7 Å². The Morgan fingerprint density at radius 1 is 0.600 bits per heavy atom. The van der Waals surface area contributed by atoms with Crippen molar-refractivity contribution in [3.05, 3.63) is 0 Å². The molecule has 0 saturated heterocycles. The Labute approximate surface area is 139 Å². The van der Waals surface area contributed by atoms with Crippen molar-refractivity contribution < 1.29 is 4.48 Å². The molecule has 0 heterocycles. The minimum Gasteiger partial charge on any atom is -0.331 e. The van der Waals surface area contributed by atoms with E-state index < -0.39 is 0 Å². The Balaban J connectivity index is 0. The molecule has 0 bridgehead atoms. The number of hydrogen-bond acceptors (Lipinski definition) is 0. The number of quaternary nitrogens is 1. The molecular weight excluding hydrogens is 329 g/mol. The summed E-state index contributed by atoms with van der Waals surface area (Å²) in [6.07, 6.45) is 17.4. The molecular formula is C17H40BrNP+. The molecule has 1 unspecified atom stereocenters. The topological polar surface area (TPSA) is 0 Å². The average Bonchev–Trinajstić information content (AvgIpc) is 2.41. The van der Waals surface area contributed by atoms with Gasteiger partial charge in [0.05, 0.1) is 27.7 Å². The quantitative estimate of drug-likeness (QED) is 0.196. The first-order valence-electron chi connectivity index (χ1n) is 8.58. The summed E-state index contributed by atoms with van der Waals surface area (Å²) in [4.78, 5) is 0. The fourth-order valence-electron chi connectivity index (χ4n) is 2.43. The average molecular weight is 369 g/mol. The predicted molar refractivity (Wildman–Crippen MR) is 103 cm³/mol. The van der Waals surface area contributed by atoms with Gasteiger partial charge in [0.2, 0.25) is 0 Å². The van der Waals surface area contributed by atoms with Crippen molar-refractivity contribution in [1.29, 1.82) is 0 Å². The van der Waals surface area contributed by atoms with E-state index in [1.54, 1.807) is 0 Å². The van der Waals surface area contributed by atoms with E-state index in [0.29, 0.717) is 0 Å². The van der Waals surface area contributed by atoms with Gasteiger partial charge in [0.15, 0.2) is 0 Å². The fourth-order valence-corrected chi connectivity index (χ4v) is 2.43. The van der Waals surface area contributed by atoms with Crippen LogP contribution in [0.5, 0.6) is 0 Å². The SMILES string of the molecule is CCCCCCCCCCCCCC[N+](C)(C)C.PBr. The van der Waals surface area contributed by atoms with Crippen molar-refractivity contribution in [3.8, 4) is 0 Å². The first kappa shape index (κ1) is 23.1. The zero-order valence-electron chi connectivity index (χ0n) is 14.6. The maximum atomic E-state index is 2.85. The second-order valence-electron chi connectivity index (χ2n) is 6.90. The first-order chi connectivity index (χ1) is 9.56. The monoisotopic (exact) mass is 368 g/mol. The molecule has 0 saturated carbocycles. The van der Waals surface area contributed by atoms with Crippen LogP contribution in [0.2, 0.25) is 0 Å². The standard InChI is InChI=1S/C17H38N.BrH2P/c1-5-6-7-8-9-10-11-12-13-14-15-16-17-18(2,3)4;1-2/h5-17H2,1-4H3;2H2/q+1;. The molecule has 0 spiro atoms. The van der Waals surface area contributed by atoms with Crippen molar-refractivity contribution in [3.63, 3.8) is 0 Å². The van der Waals surface area contributed by atoms with Crippen LogP contribution >= 0.6 is 23.4 Å². The smallest absolute Gasteiger partial charge is 0.0780 e. The molecule has 0 amide bonds. The molecule has 0 aliphatic carbocycles. The molecule has 0 aromatic heterocycles. The molecule has 1 atom stereocenters. The predicted octanol–water partition coefficient (Wildman–Crippen LogP) is 6.57. The van der Waals surface area contributed by atoms with E-state index in [9.17, 15) is 0 Å². The molecule has 0 radical (unpaired) electrons. The van der Waals surface area contributed by atoms with Gasteiger partial charge in [-0.05, 0) is 12.8 Å². The maximum absolute atomic E-state index is 2.85. The number of unbranched alkanes of at least 4 members (excludes halogenated alkanes) is 11. The van der Waals surface area contributed by atoms with E-state index in [-0.39, 0.29) is 0 Å². The normalized spacial score (nSPS) is 11.1. The van der Waals surface area contributed by atoms with Gasteiger partial charge in [-0.3, -0.25) is 0 Å². The van der Waals surface area contributed by atoms with Crippen molar-refractivity contribution in [2.24, 2.45) is 0 Å². The lowest BCUT2D eigenvalue weighted by molar-refractivity contribution is -0.870. The third kappa shape index (κ3) is 23.9. The minimum absolute atomic E-state index is 1.12.